The van der Waals surface area contributed by atoms with Gasteiger partial charge < -0.3 is 4.98 Å². The molecule has 1 aromatic carbocycles. The van der Waals surface area contributed by atoms with Crippen molar-refractivity contribution in [3.8, 4) is 0 Å². The molecule has 90 valence electrons. The molecule has 1 aromatic heterocycles. The maximum atomic E-state index is 11.6. The molecule has 0 atom stereocenters. The Morgan fingerprint density at radius 3 is 1.88 bits per heavy atom. The molecule has 2 rings (SSSR count). The summed E-state index contributed by atoms with van der Waals surface area (Å²) >= 11 is 0. The third-order valence-electron chi connectivity index (χ3n) is 4.04. The summed E-state index contributed by atoms with van der Waals surface area (Å²) in [7, 11) is 0. The van der Waals surface area contributed by atoms with Crippen molar-refractivity contribution >= 4 is 16.7 Å². The number of carbonyl (C=O) groups excluding carboxylic acids is 1. The molecule has 0 radical (unpaired) electrons. The van der Waals surface area contributed by atoms with Gasteiger partial charge in [0.15, 0.2) is 5.78 Å². The van der Waals surface area contributed by atoms with E-state index in [1.54, 1.807) is 6.92 Å². The highest BCUT2D eigenvalue weighted by atomic mass is 16.1. The number of aromatic nitrogens is 1. The van der Waals surface area contributed by atoms with Crippen LogP contribution in [0.15, 0.2) is 0 Å². The van der Waals surface area contributed by atoms with E-state index in [-0.39, 0.29) is 5.78 Å². The maximum absolute atomic E-state index is 11.6. The summed E-state index contributed by atoms with van der Waals surface area (Å²) in [6.07, 6.45) is 0. The number of ketones is 1. The van der Waals surface area contributed by atoms with Crippen LogP contribution in [0.2, 0.25) is 0 Å². The Labute approximate surface area is 102 Å². The number of carbonyl (C=O) groups is 1. The van der Waals surface area contributed by atoms with Crippen LogP contribution in [0.1, 0.15) is 45.2 Å². The van der Waals surface area contributed by atoms with E-state index in [2.05, 4.69) is 32.7 Å². The first-order chi connectivity index (χ1) is 7.86. The van der Waals surface area contributed by atoms with Crippen molar-refractivity contribution in [3.63, 3.8) is 0 Å². The summed E-state index contributed by atoms with van der Waals surface area (Å²) in [5, 5.41) is 1.22. The van der Waals surface area contributed by atoms with E-state index in [0.717, 1.165) is 16.8 Å². The third-order valence-corrected chi connectivity index (χ3v) is 4.04. The van der Waals surface area contributed by atoms with Crippen LogP contribution in [-0.4, -0.2) is 10.8 Å². The average molecular weight is 229 g/mol. The number of Topliss-reactive ketones (excluding diaryl/α,β-unsaturated/α-hetero) is 1. The summed E-state index contributed by atoms with van der Waals surface area (Å²) < 4.78 is 0. The SMILES string of the molecule is CC(=O)c1[nH]c2c(C)c(C)c(C)c(C)c2c1C. The van der Waals surface area contributed by atoms with Crippen LogP contribution < -0.4 is 0 Å². The second-order valence-corrected chi connectivity index (χ2v) is 4.93. The first kappa shape index (κ1) is 11.9. The van der Waals surface area contributed by atoms with Crippen LogP contribution in [-0.2, 0) is 0 Å². The lowest BCUT2D eigenvalue weighted by Gasteiger charge is -2.11. The zero-order chi connectivity index (χ0) is 12.9. The molecular formula is C15H19NO. The van der Waals surface area contributed by atoms with Crippen molar-refractivity contribution in [1.82, 2.24) is 4.98 Å². The number of fused-ring (bicyclic) bond motifs is 1. The summed E-state index contributed by atoms with van der Waals surface area (Å²) in [4.78, 5) is 14.9. The van der Waals surface area contributed by atoms with Crippen LogP contribution in [0, 0.1) is 34.6 Å². The van der Waals surface area contributed by atoms with Crippen LogP contribution >= 0.6 is 0 Å². The van der Waals surface area contributed by atoms with Gasteiger partial charge in [-0.3, -0.25) is 4.79 Å². The molecule has 0 aliphatic heterocycles. The van der Waals surface area contributed by atoms with Gasteiger partial charge in [-0.1, -0.05) is 0 Å². The highest BCUT2D eigenvalue weighted by Crippen LogP contribution is 2.32. The van der Waals surface area contributed by atoms with Gasteiger partial charge in [-0.2, -0.15) is 0 Å². The lowest BCUT2D eigenvalue weighted by atomic mass is 9.94. The van der Waals surface area contributed by atoms with E-state index in [1.807, 2.05) is 6.92 Å². The van der Waals surface area contributed by atoms with Crippen molar-refractivity contribution in [2.75, 3.05) is 0 Å². The Kier molecular flexibility index (Phi) is 2.61. The Bertz CT molecular complexity index is 632. The van der Waals surface area contributed by atoms with Gasteiger partial charge in [0, 0.05) is 17.8 Å². The fraction of sp³-hybridized carbons (Fsp3) is 0.400. The van der Waals surface area contributed by atoms with Gasteiger partial charge in [-0.25, -0.2) is 0 Å². The summed E-state index contributed by atoms with van der Waals surface area (Å²) in [5.74, 6) is 0.104. The van der Waals surface area contributed by atoms with Gasteiger partial charge in [0.05, 0.1) is 5.69 Å². The number of H-pyrrole nitrogens is 1. The normalized spacial score (nSPS) is 11.2. The molecule has 0 spiro atoms. The number of hydrogen-bond acceptors (Lipinski definition) is 1. The molecule has 2 heteroatoms. The summed E-state index contributed by atoms with van der Waals surface area (Å²) in [5.41, 5.74) is 8.11. The second kappa shape index (κ2) is 3.73. The van der Waals surface area contributed by atoms with E-state index in [0.29, 0.717) is 0 Å². The average Bonchev–Trinajstić information content (AvgIpc) is 2.62. The Hall–Kier alpha value is -1.57. The topological polar surface area (TPSA) is 32.9 Å². The van der Waals surface area contributed by atoms with Gasteiger partial charge in [0.25, 0.3) is 0 Å². The molecule has 17 heavy (non-hydrogen) atoms. The first-order valence-electron chi connectivity index (χ1n) is 5.95. The minimum atomic E-state index is 0.104. The van der Waals surface area contributed by atoms with Crippen LogP contribution in [0.5, 0.6) is 0 Å². The predicted octanol–water partition coefficient (Wildman–Crippen LogP) is 3.91. The van der Waals surface area contributed by atoms with Crippen molar-refractivity contribution in [1.29, 1.82) is 0 Å². The van der Waals surface area contributed by atoms with Crippen LogP contribution in [0.4, 0.5) is 0 Å². The number of hydrogen-bond donors (Lipinski definition) is 1. The molecule has 2 aromatic rings. The number of aryl methyl sites for hydroxylation is 3. The first-order valence-corrected chi connectivity index (χ1v) is 5.95. The molecule has 0 unspecified atom stereocenters. The zero-order valence-corrected chi connectivity index (χ0v) is 11.4. The van der Waals surface area contributed by atoms with E-state index < -0.39 is 0 Å². The van der Waals surface area contributed by atoms with Gasteiger partial charge >= 0.3 is 0 Å². The van der Waals surface area contributed by atoms with Crippen molar-refractivity contribution in [3.05, 3.63) is 33.5 Å². The predicted molar refractivity (Wildman–Crippen MR) is 72.0 cm³/mol. The molecular weight excluding hydrogens is 210 g/mol. The largest absolute Gasteiger partial charge is 0.352 e. The van der Waals surface area contributed by atoms with Gasteiger partial charge in [0.1, 0.15) is 0 Å². The summed E-state index contributed by atoms with van der Waals surface area (Å²) in [6.45, 7) is 12.2. The number of aromatic amines is 1. The fourth-order valence-corrected chi connectivity index (χ4v) is 2.63. The molecule has 0 fully saturated rings. The monoisotopic (exact) mass is 229 g/mol. The van der Waals surface area contributed by atoms with Crippen molar-refractivity contribution in [2.24, 2.45) is 0 Å². The second-order valence-electron chi connectivity index (χ2n) is 4.93. The number of rotatable bonds is 1. The van der Waals surface area contributed by atoms with E-state index >= 15 is 0 Å². The standard InChI is InChI=1S/C15H19NO/c1-7-8(2)10(4)15-13(9(7)3)11(5)14(16-15)12(6)17/h16H,1-6H3. The number of nitrogens with one attached hydrogen (secondary N) is 1. The van der Waals surface area contributed by atoms with Crippen LogP contribution in [0.25, 0.3) is 10.9 Å². The molecule has 2 nitrogen and oxygen atoms in total. The third kappa shape index (κ3) is 1.51. The lowest BCUT2D eigenvalue weighted by molar-refractivity contribution is 0.101. The van der Waals surface area contributed by atoms with Crippen molar-refractivity contribution < 1.29 is 4.79 Å². The highest BCUT2D eigenvalue weighted by molar-refractivity contribution is 6.03. The molecule has 0 aliphatic rings. The quantitative estimate of drug-likeness (QED) is 0.739. The molecule has 0 saturated heterocycles. The molecule has 0 saturated carbocycles. The maximum Gasteiger partial charge on any atom is 0.176 e. The fourth-order valence-electron chi connectivity index (χ4n) is 2.63. The zero-order valence-electron chi connectivity index (χ0n) is 11.4. The van der Waals surface area contributed by atoms with Crippen molar-refractivity contribution in [2.45, 2.75) is 41.5 Å². The van der Waals surface area contributed by atoms with Gasteiger partial charge in [0.2, 0.25) is 0 Å². The Morgan fingerprint density at radius 1 is 0.824 bits per heavy atom. The minimum absolute atomic E-state index is 0.104. The summed E-state index contributed by atoms with van der Waals surface area (Å²) in [6, 6.07) is 0. The number of benzene rings is 1. The van der Waals surface area contributed by atoms with Gasteiger partial charge in [-0.05, 0) is 62.4 Å². The molecule has 0 aliphatic carbocycles. The molecule has 0 amide bonds. The van der Waals surface area contributed by atoms with Crippen LogP contribution in [0.3, 0.4) is 0 Å². The molecule has 1 heterocycles. The van der Waals surface area contributed by atoms with Gasteiger partial charge in [-0.15, -0.1) is 0 Å². The smallest absolute Gasteiger partial charge is 0.176 e. The minimum Gasteiger partial charge on any atom is -0.352 e. The van der Waals surface area contributed by atoms with E-state index in [4.69, 9.17) is 0 Å². The lowest BCUT2D eigenvalue weighted by Crippen LogP contribution is -1.94. The Morgan fingerprint density at radius 2 is 1.35 bits per heavy atom. The molecule has 0 bridgehead atoms. The van der Waals surface area contributed by atoms with E-state index in [9.17, 15) is 4.79 Å². The highest BCUT2D eigenvalue weighted by Gasteiger charge is 2.17. The van der Waals surface area contributed by atoms with E-state index in [1.165, 1.54) is 27.6 Å². The Balaban J connectivity index is 3.02. The molecule has 1 N–H and O–H groups in total.